The Morgan fingerprint density at radius 3 is 2.33 bits per heavy atom. The van der Waals surface area contributed by atoms with Crippen LogP contribution in [0.2, 0.25) is 0 Å². The molecule has 0 saturated heterocycles. The number of halogens is 2. The lowest BCUT2D eigenvalue weighted by Gasteiger charge is -2.45. The van der Waals surface area contributed by atoms with Crippen molar-refractivity contribution >= 4 is 28.3 Å². The van der Waals surface area contributed by atoms with Gasteiger partial charge in [-0.3, -0.25) is 4.79 Å². The first-order chi connectivity index (χ1) is 12.3. The highest BCUT2D eigenvalue weighted by Gasteiger charge is 2.39. The molecule has 2 fully saturated rings. The molecule has 0 spiro atoms. The fourth-order valence-electron chi connectivity index (χ4n) is 4.28. The smallest absolute Gasteiger partial charge is 0.240 e. The lowest BCUT2D eigenvalue weighted by molar-refractivity contribution is -0.123. The number of benzene rings is 1. The first kappa shape index (κ1) is 22.1. The molecule has 1 aromatic carbocycles. The predicted molar refractivity (Wildman–Crippen MR) is 103 cm³/mol. The van der Waals surface area contributed by atoms with Gasteiger partial charge < -0.3 is 11.1 Å². The van der Waals surface area contributed by atoms with E-state index in [-0.39, 0.29) is 48.3 Å². The third-order valence-electron chi connectivity index (χ3n) is 5.47. The Morgan fingerprint density at radius 2 is 1.74 bits per heavy atom. The van der Waals surface area contributed by atoms with Gasteiger partial charge in [-0.1, -0.05) is 6.42 Å². The SMILES string of the molecule is Cl.NC1CC2CCCC(C1)C2NC(=O)CCNS(=O)(=O)c1ccc(F)cc1. The van der Waals surface area contributed by atoms with Crippen molar-refractivity contribution < 1.29 is 17.6 Å². The Kier molecular flexibility index (Phi) is 7.62. The predicted octanol–water partition coefficient (Wildman–Crippen LogP) is 1.94. The summed E-state index contributed by atoms with van der Waals surface area (Å²) in [6, 6.07) is 4.96. The molecule has 2 bridgehead atoms. The van der Waals surface area contributed by atoms with E-state index < -0.39 is 15.8 Å². The number of rotatable bonds is 6. The van der Waals surface area contributed by atoms with Crippen LogP contribution in [-0.4, -0.2) is 33.0 Å². The van der Waals surface area contributed by atoms with E-state index in [2.05, 4.69) is 10.0 Å². The van der Waals surface area contributed by atoms with E-state index >= 15 is 0 Å². The third kappa shape index (κ3) is 5.63. The highest BCUT2D eigenvalue weighted by molar-refractivity contribution is 7.89. The zero-order valence-corrected chi connectivity index (χ0v) is 16.7. The minimum atomic E-state index is -3.74. The van der Waals surface area contributed by atoms with E-state index in [0.29, 0.717) is 11.8 Å². The minimum absolute atomic E-state index is 0. The fourth-order valence-corrected chi connectivity index (χ4v) is 5.31. The summed E-state index contributed by atoms with van der Waals surface area (Å²) in [5, 5.41) is 3.10. The van der Waals surface area contributed by atoms with Crippen LogP contribution >= 0.6 is 12.4 Å². The largest absolute Gasteiger partial charge is 0.353 e. The number of carbonyl (C=O) groups excluding carboxylic acids is 1. The van der Waals surface area contributed by atoms with Crippen molar-refractivity contribution in [2.24, 2.45) is 17.6 Å². The van der Waals surface area contributed by atoms with Gasteiger partial charge in [0.15, 0.2) is 0 Å². The number of sulfonamides is 1. The number of fused-ring (bicyclic) bond motifs is 2. The number of hydrogen-bond acceptors (Lipinski definition) is 4. The molecule has 0 radical (unpaired) electrons. The van der Waals surface area contributed by atoms with E-state index in [0.717, 1.165) is 37.8 Å². The third-order valence-corrected chi connectivity index (χ3v) is 6.95. The highest BCUT2D eigenvalue weighted by atomic mass is 35.5. The maximum atomic E-state index is 12.9. The summed E-state index contributed by atoms with van der Waals surface area (Å²) < 4.78 is 39.6. The van der Waals surface area contributed by atoms with Gasteiger partial charge in [0.2, 0.25) is 15.9 Å². The second-order valence-corrected chi connectivity index (χ2v) is 9.14. The molecule has 2 aliphatic carbocycles. The van der Waals surface area contributed by atoms with Crippen LogP contribution in [0.3, 0.4) is 0 Å². The number of hydrogen-bond donors (Lipinski definition) is 3. The number of nitrogens with one attached hydrogen (secondary N) is 2. The van der Waals surface area contributed by atoms with Crippen molar-refractivity contribution in [3.63, 3.8) is 0 Å². The molecule has 4 N–H and O–H groups in total. The van der Waals surface area contributed by atoms with Crippen LogP contribution in [0.25, 0.3) is 0 Å². The van der Waals surface area contributed by atoms with Crippen LogP contribution in [-0.2, 0) is 14.8 Å². The monoisotopic (exact) mass is 419 g/mol. The summed E-state index contributed by atoms with van der Waals surface area (Å²) in [5.41, 5.74) is 6.10. The van der Waals surface area contributed by atoms with Crippen molar-refractivity contribution in [1.82, 2.24) is 10.0 Å². The Hall–Kier alpha value is -1.22. The summed E-state index contributed by atoms with van der Waals surface area (Å²) in [6.07, 6.45) is 5.32. The van der Waals surface area contributed by atoms with Gasteiger partial charge in [-0.05, 0) is 61.8 Å². The van der Waals surface area contributed by atoms with Gasteiger partial charge in [0.1, 0.15) is 5.82 Å². The lowest BCUT2D eigenvalue weighted by Crippen LogP contribution is -2.54. The van der Waals surface area contributed by atoms with Crippen LogP contribution in [0.1, 0.15) is 38.5 Å². The molecule has 1 amide bonds. The van der Waals surface area contributed by atoms with Gasteiger partial charge in [-0.15, -0.1) is 12.4 Å². The van der Waals surface area contributed by atoms with Crippen molar-refractivity contribution in [3.8, 4) is 0 Å². The van der Waals surface area contributed by atoms with E-state index in [1.54, 1.807) is 0 Å². The molecular weight excluding hydrogens is 393 g/mol. The molecule has 0 aromatic heterocycles. The number of carbonyl (C=O) groups is 1. The second-order valence-electron chi connectivity index (χ2n) is 7.38. The molecule has 0 heterocycles. The standard InChI is InChI=1S/C18H26FN3O3S.ClH/c19-14-4-6-16(7-5-14)26(24,25)21-9-8-17(23)22-18-12-2-1-3-13(18)11-15(20)10-12;/h4-7,12-13,15,18,21H,1-3,8-11,20H2,(H,22,23);1H. The molecule has 152 valence electrons. The highest BCUT2D eigenvalue weighted by Crippen LogP contribution is 2.39. The summed E-state index contributed by atoms with van der Waals surface area (Å²) >= 11 is 0. The van der Waals surface area contributed by atoms with Crippen molar-refractivity contribution in [2.45, 2.75) is 55.5 Å². The van der Waals surface area contributed by atoms with E-state index in [9.17, 15) is 17.6 Å². The average Bonchev–Trinajstić information content (AvgIpc) is 2.56. The van der Waals surface area contributed by atoms with Gasteiger partial charge in [0.05, 0.1) is 4.90 Å². The van der Waals surface area contributed by atoms with Crippen molar-refractivity contribution in [2.75, 3.05) is 6.54 Å². The van der Waals surface area contributed by atoms with Crippen LogP contribution < -0.4 is 15.8 Å². The number of amides is 1. The van der Waals surface area contributed by atoms with Crippen LogP contribution in [0.15, 0.2) is 29.2 Å². The van der Waals surface area contributed by atoms with Gasteiger partial charge in [0, 0.05) is 25.0 Å². The van der Waals surface area contributed by atoms with Gasteiger partial charge >= 0.3 is 0 Å². The first-order valence-corrected chi connectivity index (χ1v) is 10.6. The maximum Gasteiger partial charge on any atom is 0.240 e. The molecule has 1 aromatic rings. The van der Waals surface area contributed by atoms with Crippen LogP contribution in [0.4, 0.5) is 4.39 Å². The second kappa shape index (κ2) is 9.32. The van der Waals surface area contributed by atoms with Gasteiger partial charge in [-0.2, -0.15) is 0 Å². The molecule has 9 heteroatoms. The fraction of sp³-hybridized carbons (Fsp3) is 0.611. The van der Waals surface area contributed by atoms with Gasteiger partial charge in [0.25, 0.3) is 0 Å². The molecule has 2 unspecified atom stereocenters. The zero-order chi connectivity index (χ0) is 18.7. The lowest BCUT2D eigenvalue weighted by atomic mass is 9.67. The summed E-state index contributed by atoms with van der Waals surface area (Å²) in [5.74, 6) is 0.208. The molecule has 2 aliphatic rings. The Balaban J connectivity index is 0.00000261. The van der Waals surface area contributed by atoms with E-state index in [1.165, 1.54) is 18.6 Å². The average molecular weight is 420 g/mol. The Morgan fingerprint density at radius 1 is 1.15 bits per heavy atom. The zero-order valence-electron chi connectivity index (χ0n) is 15.1. The first-order valence-electron chi connectivity index (χ1n) is 9.15. The molecule has 0 aliphatic heterocycles. The molecule has 27 heavy (non-hydrogen) atoms. The normalized spacial score (nSPS) is 27.5. The van der Waals surface area contributed by atoms with Crippen molar-refractivity contribution in [3.05, 3.63) is 30.1 Å². The summed E-state index contributed by atoms with van der Waals surface area (Å²) in [4.78, 5) is 12.2. The summed E-state index contributed by atoms with van der Waals surface area (Å²) in [6.45, 7) is 0.00705. The number of nitrogens with two attached hydrogens (primary N) is 1. The minimum Gasteiger partial charge on any atom is -0.353 e. The molecule has 6 nitrogen and oxygen atoms in total. The molecular formula is C18H27ClFN3O3S. The van der Waals surface area contributed by atoms with E-state index in [4.69, 9.17) is 5.73 Å². The Labute approximate surface area is 165 Å². The maximum absolute atomic E-state index is 12.9. The molecule has 2 atom stereocenters. The van der Waals surface area contributed by atoms with Crippen LogP contribution in [0.5, 0.6) is 0 Å². The topological polar surface area (TPSA) is 101 Å². The Bertz CT molecular complexity index is 731. The van der Waals surface area contributed by atoms with Gasteiger partial charge in [-0.25, -0.2) is 17.5 Å². The van der Waals surface area contributed by atoms with Crippen molar-refractivity contribution in [1.29, 1.82) is 0 Å². The quantitative estimate of drug-likeness (QED) is 0.655. The van der Waals surface area contributed by atoms with E-state index in [1.807, 2.05) is 0 Å². The van der Waals surface area contributed by atoms with Crippen LogP contribution in [0, 0.1) is 17.7 Å². The molecule has 2 saturated carbocycles. The summed E-state index contributed by atoms with van der Waals surface area (Å²) in [7, 11) is -3.74. The molecule has 3 rings (SSSR count).